The number of benzene rings is 2. The molecule has 0 aliphatic rings. The van der Waals surface area contributed by atoms with Crippen molar-refractivity contribution < 1.29 is 19.0 Å². The van der Waals surface area contributed by atoms with E-state index < -0.39 is 0 Å². The first-order chi connectivity index (χ1) is 13.6. The lowest BCUT2D eigenvalue weighted by Gasteiger charge is -2.11. The van der Waals surface area contributed by atoms with E-state index in [4.69, 9.17) is 14.2 Å². The van der Waals surface area contributed by atoms with Crippen LogP contribution in [0.2, 0.25) is 0 Å². The first kappa shape index (κ1) is 19.7. The lowest BCUT2D eigenvalue weighted by Crippen LogP contribution is -2.15. The van der Waals surface area contributed by atoms with E-state index in [1.807, 2.05) is 36.6 Å². The quantitative estimate of drug-likeness (QED) is 0.615. The highest BCUT2D eigenvalue weighted by molar-refractivity contribution is 7.09. The number of aryl methyl sites for hydroxylation is 1. The van der Waals surface area contributed by atoms with Crippen molar-refractivity contribution in [3.63, 3.8) is 0 Å². The summed E-state index contributed by atoms with van der Waals surface area (Å²) in [5.41, 5.74) is 2.44. The Morgan fingerprint density at radius 2 is 1.82 bits per heavy atom. The second-order valence-electron chi connectivity index (χ2n) is 6.13. The van der Waals surface area contributed by atoms with E-state index in [1.54, 1.807) is 32.4 Å². The van der Waals surface area contributed by atoms with Crippen LogP contribution in [0.3, 0.4) is 0 Å². The van der Waals surface area contributed by atoms with Gasteiger partial charge in [0.1, 0.15) is 28.9 Å². The van der Waals surface area contributed by atoms with Gasteiger partial charge in [-0.3, -0.25) is 4.79 Å². The third kappa shape index (κ3) is 5.23. The Kier molecular flexibility index (Phi) is 6.49. The molecule has 1 aromatic heterocycles. The van der Waals surface area contributed by atoms with Crippen molar-refractivity contribution in [1.29, 1.82) is 0 Å². The van der Waals surface area contributed by atoms with Gasteiger partial charge in [0, 0.05) is 11.4 Å². The van der Waals surface area contributed by atoms with Gasteiger partial charge in [0.2, 0.25) is 5.91 Å². The maximum atomic E-state index is 12.4. The second-order valence-corrected chi connectivity index (χ2v) is 7.07. The first-order valence-electron chi connectivity index (χ1n) is 8.72. The van der Waals surface area contributed by atoms with Gasteiger partial charge in [-0.1, -0.05) is 17.7 Å². The highest BCUT2D eigenvalue weighted by atomic mass is 32.1. The fraction of sp³-hybridized carbons (Fsp3) is 0.238. The third-order valence-corrected chi connectivity index (χ3v) is 4.88. The Labute approximate surface area is 168 Å². The molecule has 0 atom stereocenters. The fourth-order valence-corrected chi connectivity index (χ4v) is 3.25. The minimum Gasteiger partial charge on any atom is -0.497 e. The van der Waals surface area contributed by atoms with Crippen LogP contribution in [-0.2, 0) is 17.8 Å². The lowest BCUT2D eigenvalue weighted by molar-refractivity contribution is -0.115. The van der Waals surface area contributed by atoms with E-state index in [0.29, 0.717) is 29.5 Å². The van der Waals surface area contributed by atoms with E-state index in [0.717, 1.165) is 10.8 Å². The molecular weight excluding hydrogens is 376 g/mol. The van der Waals surface area contributed by atoms with Crippen LogP contribution in [-0.4, -0.2) is 25.1 Å². The molecule has 0 saturated carbocycles. The Morgan fingerprint density at radius 3 is 2.54 bits per heavy atom. The highest BCUT2D eigenvalue weighted by Gasteiger charge is 2.12. The molecule has 0 saturated heterocycles. The Bertz CT molecular complexity index is 938. The van der Waals surface area contributed by atoms with Crippen LogP contribution in [0.15, 0.2) is 47.8 Å². The molecule has 2 aromatic carbocycles. The molecule has 0 unspecified atom stereocenters. The number of nitrogens with one attached hydrogen (secondary N) is 1. The molecule has 6 nitrogen and oxygen atoms in total. The van der Waals surface area contributed by atoms with Crippen molar-refractivity contribution in [2.75, 3.05) is 19.5 Å². The molecule has 1 heterocycles. The number of methoxy groups -OCH3 is 2. The van der Waals surface area contributed by atoms with E-state index in [9.17, 15) is 4.79 Å². The van der Waals surface area contributed by atoms with Crippen LogP contribution < -0.4 is 19.5 Å². The van der Waals surface area contributed by atoms with Gasteiger partial charge in [-0.25, -0.2) is 4.98 Å². The summed E-state index contributed by atoms with van der Waals surface area (Å²) in [5, 5.41) is 5.54. The second kappa shape index (κ2) is 9.23. The predicted octanol–water partition coefficient (Wildman–Crippen LogP) is 4.23. The van der Waals surface area contributed by atoms with Gasteiger partial charge < -0.3 is 19.5 Å². The zero-order chi connectivity index (χ0) is 19.9. The van der Waals surface area contributed by atoms with Gasteiger partial charge in [-0.15, -0.1) is 11.3 Å². The molecule has 0 bridgehead atoms. The molecule has 7 heteroatoms. The summed E-state index contributed by atoms with van der Waals surface area (Å²) in [6.07, 6.45) is 0.168. The molecule has 146 valence electrons. The number of hydrogen-bond acceptors (Lipinski definition) is 6. The van der Waals surface area contributed by atoms with Gasteiger partial charge >= 0.3 is 0 Å². The third-order valence-electron chi connectivity index (χ3n) is 4.01. The summed E-state index contributed by atoms with van der Waals surface area (Å²) in [4.78, 5) is 16.9. The normalized spacial score (nSPS) is 10.4. The molecule has 0 aliphatic carbocycles. The largest absolute Gasteiger partial charge is 0.497 e. The Hall–Kier alpha value is -3.06. The van der Waals surface area contributed by atoms with Crippen molar-refractivity contribution >= 4 is 22.9 Å². The van der Waals surface area contributed by atoms with E-state index >= 15 is 0 Å². The summed E-state index contributed by atoms with van der Waals surface area (Å²) in [7, 11) is 3.13. The van der Waals surface area contributed by atoms with Crippen LogP contribution in [0.5, 0.6) is 17.2 Å². The lowest BCUT2D eigenvalue weighted by atomic mass is 10.2. The highest BCUT2D eigenvalue weighted by Crippen LogP contribution is 2.29. The molecule has 1 amide bonds. The van der Waals surface area contributed by atoms with Crippen molar-refractivity contribution in [1.82, 2.24) is 4.98 Å². The zero-order valence-electron chi connectivity index (χ0n) is 16.0. The van der Waals surface area contributed by atoms with Crippen LogP contribution in [0.1, 0.15) is 16.3 Å². The number of aromatic nitrogens is 1. The SMILES string of the molecule is COc1ccc(OC)c(NC(=O)Cc2csc(COc3ccc(C)cc3)n2)c1. The van der Waals surface area contributed by atoms with Crippen molar-refractivity contribution in [3.05, 3.63) is 64.1 Å². The van der Waals surface area contributed by atoms with Gasteiger partial charge in [0.15, 0.2) is 0 Å². The fourth-order valence-electron chi connectivity index (χ4n) is 2.55. The predicted molar refractivity (Wildman–Crippen MR) is 110 cm³/mol. The van der Waals surface area contributed by atoms with Crippen molar-refractivity contribution in [2.45, 2.75) is 20.0 Å². The first-order valence-corrected chi connectivity index (χ1v) is 9.60. The van der Waals surface area contributed by atoms with Crippen molar-refractivity contribution in [3.8, 4) is 17.2 Å². The number of carbonyl (C=O) groups is 1. The summed E-state index contributed by atoms with van der Waals surface area (Å²) >= 11 is 1.47. The monoisotopic (exact) mass is 398 g/mol. The molecule has 0 radical (unpaired) electrons. The van der Waals surface area contributed by atoms with Crippen LogP contribution >= 0.6 is 11.3 Å². The number of rotatable bonds is 8. The number of thiazole rings is 1. The van der Waals surface area contributed by atoms with E-state index in [2.05, 4.69) is 10.3 Å². The molecule has 1 N–H and O–H groups in total. The topological polar surface area (TPSA) is 69.7 Å². The number of carbonyl (C=O) groups excluding carboxylic acids is 1. The van der Waals surface area contributed by atoms with Gasteiger partial charge in [-0.05, 0) is 31.2 Å². The number of anilines is 1. The van der Waals surface area contributed by atoms with Gasteiger partial charge in [0.05, 0.1) is 32.0 Å². The molecule has 0 spiro atoms. The van der Waals surface area contributed by atoms with Crippen LogP contribution in [0.25, 0.3) is 0 Å². The minimum atomic E-state index is -0.178. The molecule has 3 rings (SSSR count). The number of nitrogens with zero attached hydrogens (tertiary/aromatic N) is 1. The minimum absolute atomic E-state index is 0.168. The van der Waals surface area contributed by atoms with Gasteiger partial charge in [0.25, 0.3) is 0 Å². The maximum Gasteiger partial charge on any atom is 0.230 e. The molecule has 0 aliphatic heterocycles. The standard InChI is InChI=1S/C21H22N2O4S/c1-14-4-6-16(7-5-14)27-12-21-22-15(13-28-21)10-20(24)23-18-11-17(25-2)8-9-19(18)26-3/h4-9,11,13H,10,12H2,1-3H3,(H,23,24). The number of hydrogen-bond donors (Lipinski definition) is 1. The van der Waals surface area contributed by atoms with E-state index in [-0.39, 0.29) is 12.3 Å². The molecule has 0 fully saturated rings. The Balaban J connectivity index is 1.57. The maximum absolute atomic E-state index is 12.4. The average Bonchev–Trinajstić information content (AvgIpc) is 3.14. The molecule has 28 heavy (non-hydrogen) atoms. The number of amides is 1. The smallest absolute Gasteiger partial charge is 0.230 e. The van der Waals surface area contributed by atoms with E-state index in [1.165, 1.54) is 16.9 Å². The van der Waals surface area contributed by atoms with Crippen LogP contribution in [0, 0.1) is 6.92 Å². The molecular formula is C21H22N2O4S. The summed E-state index contributed by atoms with van der Waals surface area (Å²) < 4.78 is 16.2. The average molecular weight is 398 g/mol. The number of ether oxygens (including phenoxy) is 3. The summed E-state index contributed by atoms with van der Waals surface area (Å²) in [6.45, 7) is 2.40. The summed E-state index contributed by atoms with van der Waals surface area (Å²) in [6, 6.07) is 13.1. The van der Waals surface area contributed by atoms with Gasteiger partial charge in [-0.2, -0.15) is 0 Å². The molecule has 3 aromatic rings. The zero-order valence-corrected chi connectivity index (χ0v) is 16.8. The Morgan fingerprint density at radius 1 is 1.07 bits per heavy atom. The van der Waals surface area contributed by atoms with Crippen LogP contribution in [0.4, 0.5) is 5.69 Å². The summed E-state index contributed by atoms with van der Waals surface area (Å²) in [5.74, 6) is 1.83. The van der Waals surface area contributed by atoms with Crippen molar-refractivity contribution in [2.24, 2.45) is 0 Å².